The number of thiophene rings is 1. The first-order chi connectivity index (χ1) is 6.16. The van der Waals surface area contributed by atoms with Crippen molar-refractivity contribution < 1.29 is 0 Å². The van der Waals surface area contributed by atoms with E-state index in [4.69, 9.17) is 0 Å². The van der Waals surface area contributed by atoms with Gasteiger partial charge in [0, 0.05) is 28.2 Å². The molecule has 0 aliphatic rings. The van der Waals surface area contributed by atoms with Crippen molar-refractivity contribution in [2.75, 3.05) is 0 Å². The first-order valence-corrected chi connectivity index (χ1v) is 7.36. The second-order valence-electron chi connectivity index (χ2n) is 2.11. The lowest BCUT2D eigenvalue weighted by Gasteiger charge is -1.87. The molecule has 0 unspecified atom stereocenters. The summed E-state index contributed by atoms with van der Waals surface area (Å²) in [6.45, 7) is 0. The minimum Gasteiger partial charge on any atom is -0.210 e. The maximum atomic E-state index is 4.30. The Morgan fingerprint density at radius 3 is 2.62 bits per heavy atom. The molecule has 2 rings (SSSR count). The van der Waals surface area contributed by atoms with E-state index in [1.807, 2.05) is 6.07 Å². The van der Waals surface area contributed by atoms with E-state index in [0.717, 1.165) is 22.0 Å². The fourth-order valence-electron chi connectivity index (χ4n) is 0.801. The van der Waals surface area contributed by atoms with Gasteiger partial charge in [-0.25, -0.2) is 4.98 Å². The third-order valence-corrected chi connectivity index (χ3v) is 5.19. The zero-order valence-corrected chi connectivity index (χ0v) is 12.9. The standard InChI is InChI=1S/C6HBr2IN2S2/c7-3-1-2(4(8)12-3)5-10-6(9)11-13-5/h1H. The summed E-state index contributed by atoms with van der Waals surface area (Å²) in [5.41, 5.74) is 1.11. The predicted molar refractivity (Wildman–Crippen MR) is 71.3 cm³/mol. The average Bonchev–Trinajstić information content (AvgIpc) is 2.58. The van der Waals surface area contributed by atoms with Crippen LogP contribution in [0.4, 0.5) is 0 Å². The van der Waals surface area contributed by atoms with Gasteiger partial charge in [-0.3, -0.25) is 0 Å². The van der Waals surface area contributed by atoms with E-state index in [-0.39, 0.29) is 0 Å². The van der Waals surface area contributed by atoms with Crippen molar-refractivity contribution in [3.05, 3.63) is 17.5 Å². The van der Waals surface area contributed by atoms with E-state index in [2.05, 4.69) is 63.8 Å². The van der Waals surface area contributed by atoms with Crippen LogP contribution in [0, 0.1) is 3.83 Å². The second kappa shape index (κ2) is 4.21. The Labute approximate surface area is 113 Å². The molecule has 0 atom stereocenters. The number of hydrogen-bond donors (Lipinski definition) is 0. The van der Waals surface area contributed by atoms with Crippen molar-refractivity contribution in [1.82, 2.24) is 9.36 Å². The highest BCUT2D eigenvalue weighted by Crippen LogP contribution is 2.39. The summed E-state index contributed by atoms with van der Waals surface area (Å²) in [4.78, 5) is 4.30. The zero-order chi connectivity index (χ0) is 9.42. The maximum Gasteiger partial charge on any atom is 0.203 e. The first kappa shape index (κ1) is 10.5. The lowest BCUT2D eigenvalue weighted by molar-refractivity contribution is 1.25. The van der Waals surface area contributed by atoms with Crippen LogP contribution in [0.5, 0.6) is 0 Å². The summed E-state index contributed by atoms with van der Waals surface area (Å²) >= 11 is 12.1. The van der Waals surface area contributed by atoms with Crippen LogP contribution in [0.25, 0.3) is 10.6 Å². The molecule has 0 bridgehead atoms. The Bertz CT molecular complexity index is 440. The Kier molecular flexibility index (Phi) is 3.39. The summed E-state index contributed by atoms with van der Waals surface area (Å²) in [7, 11) is 0. The topological polar surface area (TPSA) is 25.8 Å². The van der Waals surface area contributed by atoms with Crippen LogP contribution < -0.4 is 0 Å². The lowest BCUT2D eigenvalue weighted by atomic mass is 10.4. The zero-order valence-electron chi connectivity index (χ0n) is 5.92. The minimum atomic E-state index is 0.798. The molecule has 0 fully saturated rings. The highest BCUT2D eigenvalue weighted by atomic mass is 127. The number of halogens is 3. The highest BCUT2D eigenvalue weighted by molar-refractivity contribution is 14.1. The van der Waals surface area contributed by atoms with Gasteiger partial charge in [-0.15, -0.1) is 11.3 Å². The smallest absolute Gasteiger partial charge is 0.203 e. The van der Waals surface area contributed by atoms with Crippen LogP contribution in [0.3, 0.4) is 0 Å². The molecule has 2 heterocycles. The third-order valence-electron chi connectivity index (χ3n) is 1.29. The number of aromatic nitrogens is 2. The molecule has 0 amide bonds. The number of nitrogens with zero attached hydrogens (tertiary/aromatic N) is 2. The molecule has 0 N–H and O–H groups in total. The number of rotatable bonds is 1. The van der Waals surface area contributed by atoms with Gasteiger partial charge >= 0.3 is 0 Å². The van der Waals surface area contributed by atoms with E-state index in [1.165, 1.54) is 11.5 Å². The van der Waals surface area contributed by atoms with Gasteiger partial charge in [-0.05, 0) is 49.5 Å². The van der Waals surface area contributed by atoms with Gasteiger partial charge in [0.25, 0.3) is 0 Å². The molecular formula is C6HBr2IN2S2. The minimum absolute atomic E-state index is 0.798. The van der Waals surface area contributed by atoms with Crippen molar-refractivity contribution in [1.29, 1.82) is 0 Å². The monoisotopic (exact) mass is 450 g/mol. The second-order valence-corrected chi connectivity index (χ2v) is 7.57. The molecule has 0 aliphatic carbocycles. The van der Waals surface area contributed by atoms with Gasteiger partial charge in [0.1, 0.15) is 5.01 Å². The third kappa shape index (κ3) is 2.31. The Balaban J connectivity index is 2.51. The van der Waals surface area contributed by atoms with Crippen molar-refractivity contribution in [3.63, 3.8) is 0 Å². The van der Waals surface area contributed by atoms with Gasteiger partial charge in [0.05, 0.1) is 7.57 Å². The van der Waals surface area contributed by atoms with Crippen molar-refractivity contribution in [3.8, 4) is 10.6 Å². The van der Waals surface area contributed by atoms with Crippen molar-refractivity contribution in [2.24, 2.45) is 0 Å². The molecule has 2 aromatic rings. The summed E-state index contributed by atoms with van der Waals surface area (Å²) in [6, 6.07) is 2.05. The molecule has 2 aromatic heterocycles. The highest BCUT2D eigenvalue weighted by Gasteiger charge is 2.11. The van der Waals surface area contributed by atoms with Crippen LogP contribution >= 0.6 is 77.3 Å². The predicted octanol–water partition coefficient (Wildman–Crippen LogP) is 4.40. The molecular weight excluding hydrogens is 451 g/mol. The Morgan fingerprint density at radius 1 is 1.38 bits per heavy atom. The molecule has 0 radical (unpaired) electrons. The number of hydrogen-bond acceptors (Lipinski definition) is 4. The quantitative estimate of drug-likeness (QED) is 0.601. The summed E-state index contributed by atoms with van der Waals surface area (Å²) in [5, 5.41) is 0.957. The largest absolute Gasteiger partial charge is 0.210 e. The summed E-state index contributed by atoms with van der Waals surface area (Å²) in [6.07, 6.45) is 0. The summed E-state index contributed by atoms with van der Waals surface area (Å²) < 4.78 is 7.11. The molecule has 0 aliphatic heterocycles. The van der Waals surface area contributed by atoms with Gasteiger partial charge in [-0.2, -0.15) is 4.37 Å². The van der Waals surface area contributed by atoms with Gasteiger partial charge in [-0.1, -0.05) is 0 Å². The van der Waals surface area contributed by atoms with E-state index >= 15 is 0 Å². The molecule has 0 aromatic carbocycles. The van der Waals surface area contributed by atoms with E-state index < -0.39 is 0 Å². The first-order valence-electron chi connectivity index (χ1n) is 3.11. The van der Waals surface area contributed by atoms with Crippen LogP contribution in [0.15, 0.2) is 13.6 Å². The molecule has 0 saturated heterocycles. The molecule has 2 nitrogen and oxygen atoms in total. The van der Waals surface area contributed by atoms with E-state index in [0.29, 0.717) is 0 Å². The molecule has 0 saturated carbocycles. The Morgan fingerprint density at radius 2 is 2.15 bits per heavy atom. The van der Waals surface area contributed by atoms with Crippen LogP contribution in [0.1, 0.15) is 0 Å². The van der Waals surface area contributed by atoms with Crippen molar-refractivity contribution >= 4 is 77.3 Å². The maximum absolute atomic E-state index is 4.30. The van der Waals surface area contributed by atoms with Crippen molar-refractivity contribution in [2.45, 2.75) is 0 Å². The van der Waals surface area contributed by atoms with Crippen LogP contribution in [-0.4, -0.2) is 9.36 Å². The fraction of sp³-hybridized carbons (Fsp3) is 0. The Hall–Kier alpha value is 0.950. The lowest BCUT2D eigenvalue weighted by Crippen LogP contribution is -1.73. The molecule has 68 valence electrons. The van der Waals surface area contributed by atoms with Crippen LogP contribution in [-0.2, 0) is 0 Å². The summed E-state index contributed by atoms with van der Waals surface area (Å²) in [5.74, 6) is 0. The fourth-order valence-corrected chi connectivity index (χ4v) is 5.09. The SMILES string of the molecule is Brc1cc(-c2nc(I)ns2)c(Br)s1. The van der Waals surface area contributed by atoms with Gasteiger partial charge < -0.3 is 0 Å². The van der Waals surface area contributed by atoms with Gasteiger partial charge in [0.15, 0.2) is 0 Å². The van der Waals surface area contributed by atoms with Gasteiger partial charge in [0.2, 0.25) is 3.83 Å². The molecule has 0 spiro atoms. The normalized spacial score (nSPS) is 10.7. The average molecular weight is 452 g/mol. The van der Waals surface area contributed by atoms with Crippen LogP contribution in [0.2, 0.25) is 0 Å². The van der Waals surface area contributed by atoms with E-state index in [9.17, 15) is 0 Å². The van der Waals surface area contributed by atoms with E-state index in [1.54, 1.807) is 11.3 Å². The molecule has 7 heteroatoms. The molecule has 13 heavy (non-hydrogen) atoms.